The zero-order valence-electron chi connectivity index (χ0n) is 17.4. The van der Waals surface area contributed by atoms with Crippen molar-refractivity contribution in [3.8, 4) is 17.0 Å². The molecule has 152 valence electrons. The topological polar surface area (TPSA) is 55.8 Å². The Balaban J connectivity index is 1.57. The van der Waals surface area contributed by atoms with Crippen LogP contribution in [0.15, 0.2) is 60.8 Å². The maximum atomic E-state index is 6.12. The second kappa shape index (κ2) is 7.50. The maximum absolute atomic E-state index is 6.12. The van der Waals surface area contributed by atoms with E-state index in [1.54, 1.807) is 7.11 Å². The van der Waals surface area contributed by atoms with Gasteiger partial charge in [-0.05, 0) is 60.4 Å². The third kappa shape index (κ3) is 3.31. The highest BCUT2D eigenvalue weighted by atomic mass is 16.5. The lowest BCUT2D eigenvalue weighted by atomic mass is 9.99. The molecular weight excluding hydrogens is 372 g/mol. The second-order valence-electron chi connectivity index (χ2n) is 8.01. The van der Waals surface area contributed by atoms with E-state index < -0.39 is 0 Å². The van der Waals surface area contributed by atoms with Crippen molar-refractivity contribution in [1.29, 1.82) is 0 Å². The van der Waals surface area contributed by atoms with E-state index in [0.29, 0.717) is 0 Å². The molecule has 2 aromatic carbocycles. The van der Waals surface area contributed by atoms with E-state index in [1.807, 2.05) is 24.4 Å². The minimum Gasteiger partial charge on any atom is -0.496 e. The van der Waals surface area contributed by atoms with Crippen LogP contribution in [0.3, 0.4) is 0 Å². The number of aromatic nitrogens is 2. The molecule has 0 saturated carbocycles. The van der Waals surface area contributed by atoms with Crippen LogP contribution in [0.25, 0.3) is 16.9 Å². The molecule has 0 amide bonds. The molecule has 0 radical (unpaired) electrons. The molecule has 2 aromatic heterocycles. The van der Waals surface area contributed by atoms with Crippen LogP contribution >= 0.6 is 0 Å². The van der Waals surface area contributed by atoms with Crippen molar-refractivity contribution < 1.29 is 4.74 Å². The first-order chi connectivity index (χ1) is 14.6. The minimum absolute atomic E-state index is 0.739. The average molecular weight is 399 g/mol. The van der Waals surface area contributed by atoms with E-state index >= 15 is 0 Å². The molecule has 5 heteroatoms. The number of hydrogen-bond acceptors (Lipinski definition) is 4. The van der Waals surface area contributed by atoms with Crippen LogP contribution in [-0.4, -0.2) is 27.9 Å². The smallest absolute Gasteiger partial charge is 0.137 e. The molecule has 3 heterocycles. The van der Waals surface area contributed by atoms with Crippen LogP contribution in [-0.2, 0) is 19.5 Å². The van der Waals surface area contributed by atoms with E-state index in [0.717, 1.165) is 60.0 Å². The van der Waals surface area contributed by atoms with Gasteiger partial charge in [-0.3, -0.25) is 4.90 Å². The summed E-state index contributed by atoms with van der Waals surface area (Å²) in [6.07, 6.45) is 3.06. The molecule has 5 rings (SSSR count). The number of nitrogen functional groups attached to an aromatic ring is 1. The highest BCUT2D eigenvalue weighted by Gasteiger charge is 2.21. The van der Waals surface area contributed by atoms with E-state index in [1.165, 1.54) is 16.8 Å². The second-order valence-corrected chi connectivity index (χ2v) is 8.01. The Morgan fingerprint density at radius 2 is 1.90 bits per heavy atom. The molecule has 5 nitrogen and oxygen atoms in total. The molecule has 0 atom stereocenters. The van der Waals surface area contributed by atoms with Crippen LogP contribution in [0.4, 0.5) is 5.69 Å². The summed E-state index contributed by atoms with van der Waals surface area (Å²) in [6, 6.07) is 18.9. The van der Waals surface area contributed by atoms with E-state index in [4.69, 9.17) is 15.5 Å². The quantitative estimate of drug-likeness (QED) is 0.551. The molecule has 1 aliphatic rings. The van der Waals surface area contributed by atoms with Gasteiger partial charge >= 0.3 is 0 Å². The summed E-state index contributed by atoms with van der Waals surface area (Å²) in [5.74, 6) is 0.890. The van der Waals surface area contributed by atoms with Gasteiger partial charge < -0.3 is 14.9 Å². The third-order valence-corrected chi connectivity index (χ3v) is 5.99. The third-order valence-electron chi connectivity index (χ3n) is 5.99. The van der Waals surface area contributed by atoms with Gasteiger partial charge in [-0.1, -0.05) is 24.3 Å². The molecule has 30 heavy (non-hydrogen) atoms. The van der Waals surface area contributed by atoms with Crippen molar-refractivity contribution in [2.45, 2.75) is 26.4 Å². The lowest BCUT2D eigenvalue weighted by Crippen LogP contribution is -2.30. The van der Waals surface area contributed by atoms with E-state index in [9.17, 15) is 0 Å². The van der Waals surface area contributed by atoms with E-state index in [2.05, 4.69) is 52.6 Å². The highest BCUT2D eigenvalue weighted by Crippen LogP contribution is 2.31. The summed E-state index contributed by atoms with van der Waals surface area (Å²) in [5, 5.41) is 0. The largest absolute Gasteiger partial charge is 0.496 e. The van der Waals surface area contributed by atoms with Crippen molar-refractivity contribution in [1.82, 2.24) is 14.3 Å². The van der Waals surface area contributed by atoms with Gasteiger partial charge in [0.1, 0.15) is 11.4 Å². The van der Waals surface area contributed by atoms with Crippen LogP contribution in [0.1, 0.15) is 22.4 Å². The molecule has 2 N–H and O–H groups in total. The number of pyridine rings is 1. The summed E-state index contributed by atoms with van der Waals surface area (Å²) in [6.45, 7) is 4.87. The highest BCUT2D eigenvalue weighted by molar-refractivity contribution is 5.69. The first-order valence-electron chi connectivity index (χ1n) is 10.3. The van der Waals surface area contributed by atoms with Crippen molar-refractivity contribution in [2.24, 2.45) is 0 Å². The SMILES string of the molecule is COc1ccc(-c2nc3ccc(N)cn3c2CN2CCc3ccccc3C2)cc1C. The number of rotatable bonds is 4. The summed E-state index contributed by atoms with van der Waals surface area (Å²) >= 11 is 0. The molecule has 4 aromatic rings. The summed E-state index contributed by atoms with van der Waals surface area (Å²) in [5.41, 5.74) is 15.0. The average Bonchev–Trinajstić information content (AvgIpc) is 3.11. The molecule has 0 aliphatic carbocycles. The minimum atomic E-state index is 0.739. The molecule has 0 spiro atoms. The summed E-state index contributed by atoms with van der Waals surface area (Å²) < 4.78 is 7.59. The Kier molecular flexibility index (Phi) is 4.68. The van der Waals surface area contributed by atoms with Gasteiger partial charge in [0.05, 0.1) is 18.5 Å². The standard InChI is InChI=1S/C25H26N4O/c1-17-13-19(7-9-23(17)30-2)25-22(29-15-21(26)8-10-24(29)27-25)16-28-12-11-18-5-3-4-6-20(18)14-28/h3-10,13,15H,11-12,14,16,26H2,1-2H3. The number of methoxy groups -OCH3 is 1. The Bertz CT molecular complexity index is 1230. The van der Waals surface area contributed by atoms with Crippen molar-refractivity contribution in [2.75, 3.05) is 19.4 Å². The molecule has 1 aliphatic heterocycles. The number of hydrogen-bond donors (Lipinski definition) is 1. The first-order valence-corrected chi connectivity index (χ1v) is 10.3. The first kappa shape index (κ1) is 18.7. The fourth-order valence-corrected chi connectivity index (χ4v) is 4.42. The number of nitrogens with two attached hydrogens (primary N) is 1. The lowest BCUT2D eigenvalue weighted by Gasteiger charge is -2.28. The van der Waals surface area contributed by atoms with Crippen LogP contribution in [0, 0.1) is 6.92 Å². The van der Waals surface area contributed by atoms with E-state index in [-0.39, 0.29) is 0 Å². The van der Waals surface area contributed by atoms with Crippen molar-refractivity contribution in [3.63, 3.8) is 0 Å². The number of anilines is 1. The van der Waals surface area contributed by atoms with Gasteiger partial charge in [-0.15, -0.1) is 0 Å². The molecule has 0 fully saturated rings. The lowest BCUT2D eigenvalue weighted by molar-refractivity contribution is 0.242. The summed E-state index contributed by atoms with van der Waals surface area (Å²) in [7, 11) is 1.70. The zero-order chi connectivity index (χ0) is 20.7. The number of fused-ring (bicyclic) bond motifs is 2. The zero-order valence-corrected chi connectivity index (χ0v) is 17.4. The van der Waals surface area contributed by atoms with Crippen LogP contribution < -0.4 is 10.5 Å². The number of nitrogens with zero attached hydrogens (tertiary/aromatic N) is 3. The number of imidazole rings is 1. The molecule has 0 saturated heterocycles. The van der Waals surface area contributed by atoms with Gasteiger partial charge in [0.15, 0.2) is 0 Å². The predicted octanol–water partition coefficient (Wildman–Crippen LogP) is 4.46. The van der Waals surface area contributed by atoms with Gasteiger partial charge in [0, 0.05) is 37.1 Å². The van der Waals surface area contributed by atoms with Crippen LogP contribution in [0.2, 0.25) is 0 Å². The normalized spacial score (nSPS) is 14.1. The fraction of sp³-hybridized carbons (Fsp3) is 0.240. The Hall–Kier alpha value is -3.31. The molecule has 0 unspecified atom stereocenters. The Labute approximate surface area is 176 Å². The fourth-order valence-electron chi connectivity index (χ4n) is 4.42. The van der Waals surface area contributed by atoms with Gasteiger partial charge in [-0.25, -0.2) is 4.98 Å². The summed E-state index contributed by atoms with van der Waals surface area (Å²) in [4.78, 5) is 7.47. The Morgan fingerprint density at radius 1 is 1.07 bits per heavy atom. The molecule has 0 bridgehead atoms. The number of aryl methyl sites for hydroxylation is 1. The number of ether oxygens (including phenoxy) is 1. The predicted molar refractivity (Wildman–Crippen MR) is 121 cm³/mol. The van der Waals surface area contributed by atoms with Gasteiger partial charge in [-0.2, -0.15) is 0 Å². The van der Waals surface area contributed by atoms with Crippen molar-refractivity contribution in [3.05, 3.63) is 83.2 Å². The van der Waals surface area contributed by atoms with Crippen LogP contribution in [0.5, 0.6) is 5.75 Å². The Morgan fingerprint density at radius 3 is 2.70 bits per heavy atom. The number of benzene rings is 2. The van der Waals surface area contributed by atoms with Gasteiger partial charge in [0.25, 0.3) is 0 Å². The molecular formula is C25H26N4O. The monoisotopic (exact) mass is 398 g/mol. The van der Waals surface area contributed by atoms with Crippen molar-refractivity contribution >= 4 is 11.3 Å². The van der Waals surface area contributed by atoms with Gasteiger partial charge in [0.2, 0.25) is 0 Å². The maximum Gasteiger partial charge on any atom is 0.137 e.